The zero-order valence-electron chi connectivity index (χ0n) is 31.2. The number of carbonyl (C=O) groups excluding carboxylic acids is 6. The van der Waals surface area contributed by atoms with Crippen LogP contribution in [0, 0.1) is 11.8 Å². The fourth-order valence-corrected chi connectivity index (χ4v) is 5.94. The van der Waals surface area contributed by atoms with Crippen molar-refractivity contribution in [3.63, 3.8) is 0 Å². The van der Waals surface area contributed by atoms with Crippen LogP contribution < -0.4 is 44.2 Å². The van der Waals surface area contributed by atoms with Gasteiger partial charge in [0.25, 0.3) is 0 Å². The molecule has 1 heterocycles. The monoisotopic (exact) mass is 760 g/mol. The predicted molar refractivity (Wildman–Crippen MR) is 198 cm³/mol. The van der Waals surface area contributed by atoms with Gasteiger partial charge >= 0.3 is 5.97 Å². The lowest BCUT2D eigenvalue weighted by molar-refractivity contribution is -0.144. The highest BCUT2D eigenvalue weighted by Gasteiger charge is 2.39. The van der Waals surface area contributed by atoms with Crippen molar-refractivity contribution in [3.8, 4) is 0 Å². The third-order valence-electron chi connectivity index (χ3n) is 8.63. The largest absolute Gasteiger partial charge is 0.480 e. The molecule has 19 heteroatoms. The van der Waals surface area contributed by atoms with Gasteiger partial charge in [0.2, 0.25) is 35.4 Å². The van der Waals surface area contributed by atoms with Gasteiger partial charge in [-0.25, -0.2) is 4.79 Å². The van der Waals surface area contributed by atoms with Crippen LogP contribution in [0.25, 0.3) is 0 Å². The molecule has 0 saturated carbocycles. The molecule has 0 unspecified atom stereocenters. The van der Waals surface area contributed by atoms with Gasteiger partial charge < -0.3 is 59.3 Å². The number of fused-ring (bicyclic) bond motifs is 1. The van der Waals surface area contributed by atoms with E-state index in [4.69, 9.17) is 22.9 Å². The summed E-state index contributed by atoms with van der Waals surface area (Å²) in [5.74, 6) is -6.58. The van der Waals surface area contributed by atoms with Crippen molar-refractivity contribution in [2.45, 2.75) is 109 Å². The van der Waals surface area contributed by atoms with E-state index in [0.717, 1.165) is 11.1 Å². The average molecular weight is 761 g/mol. The Morgan fingerprint density at radius 3 is 1.85 bits per heavy atom. The Balaban J connectivity index is 2.35. The Labute approximate surface area is 314 Å². The minimum atomic E-state index is -1.66. The highest BCUT2D eigenvalue weighted by molar-refractivity contribution is 5.97. The Morgan fingerprint density at radius 1 is 0.815 bits per heavy atom. The lowest BCUT2D eigenvalue weighted by Gasteiger charge is -2.38. The molecule has 0 aromatic heterocycles. The van der Waals surface area contributed by atoms with E-state index in [-0.39, 0.29) is 63.0 Å². The Kier molecular flexibility index (Phi) is 17.8. The molecule has 19 nitrogen and oxygen atoms in total. The molecule has 6 atom stereocenters. The highest BCUT2D eigenvalue weighted by atomic mass is 16.4. The van der Waals surface area contributed by atoms with Crippen molar-refractivity contribution in [1.82, 2.24) is 26.2 Å². The van der Waals surface area contributed by atoms with E-state index >= 15 is 0 Å². The number of nitrogens with zero attached hydrogens (tertiary/aromatic N) is 2. The lowest BCUT2D eigenvalue weighted by Crippen LogP contribution is -2.61. The van der Waals surface area contributed by atoms with E-state index in [1.54, 1.807) is 6.07 Å². The molecule has 0 saturated heterocycles. The summed E-state index contributed by atoms with van der Waals surface area (Å²) in [4.78, 5) is 96.4. The number of hydrogen-bond donors (Lipinski definition) is 10. The molecule has 1 aromatic rings. The first-order valence-electron chi connectivity index (χ1n) is 17.9. The minimum Gasteiger partial charge on any atom is -0.480 e. The maximum Gasteiger partial charge on any atom is 0.326 e. The van der Waals surface area contributed by atoms with E-state index < -0.39 is 90.7 Å². The van der Waals surface area contributed by atoms with Gasteiger partial charge in [-0.2, -0.15) is 0 Å². The molecule has 0 radical (unpaired) electrons. The maximum atomic E-state index is 13.9. The van der Waals surface area contributed by atoms with Crippen LogP contribution in [0.2, 0.25) is 0 Å². The molecule has 1 aliphatic rings. The van der Waals surface area contributed by atoms with Crippen molar-refractivity contribution in [2.75, 3.05) is 13.2 Å². The fraction of sp³-hybridized carbons (Fsp3) is 0.600. The second kappa shape index (κ2) is 21.4. The smallest absolute Gasteiger partial charge is 0.326 e. The lowest BCUT2D eigenvalue weighted by atomic mass is 9.92. The minimum absolute atomic E-state index is 0.0503. The normalized spacial score (nSPS) is 16.5. The Bertz CT molecular complexity index is 1530. The molecule has 0 spiro atoms. The Morgan fingerprint density at radius 2 is 1.33 bits per heavy atom. The second-order valence-electron chi connectivity index (χ2n) is 14.2. The molecule has 6 amide bonds. The molecule has 0 bridgehead atoms. The number of carboxylic acid groups (broad SMARTS) is 1. The molecule has 2 rings (SSSR count). The van der Waals surface area contributed by atoms with Crippen LogP contribution in [0.15, 0.2) is 29.3 Å². The number of carboxylic acids is 1. The number of carbonyl (C=O) groups is 7. The van der Waals surface area contributed by atoms with Crippen LogP contribution in [0.3, 0.4) is 0 Å². The van der Waals surface area contributed by atoms with E-state index in [1.807, 2.05) is 45.9 Å². The van der Waals surface area contributed by atoms with Gasteiger partial charge in [-0.3, -0.25) is 33.8 Å². The first-order valence-corrected chi connectivity index (χ1v) is 17.9. The SMILES string of the molecule is CC(C)C[C@H](NC(=O)[C@H](CC(C)C)NC(=O)[C@@H]1Cc2ccccc2CN1C(=O)[C@@H](N)CO)C(=O)N[C@@H](CCCN=C(N)N)C(=O)N[C@@H](CC(N)=O)C(=O)O. The summed E-state index contributed by atoms with van der Waals surface area (Å²) in [5, 5.41) is 29.4. The van der Waals surface area contributed by atoms with Crippen molar-refractivity contribution in [3.05, 3.63) is 35.4 Å². The number of aliphatic imine (C=N–C) groups is 1. The van der Waals surface area contributed by atoms with E-state index in [2.05, 4.69) is 26.3 Å². The number of aliphatic hydroxyl groups is 1. The van der Waals surface area contributed by atoms with Crippen LogP contribution in [0.1, 0.15) is 70.9 Å². The number of nitrogens with two attached hydrogens (primary N) is 4. The number of aliphatic carboxylic acids is 1. The third-order valence-corrected chi connectivity index (χ3v) is 8.63. The summed E-state index contributed by atoms with van der Waals surface area (Å²) in [6.45, 7) is 6.81. The highest BCUT2D eigenvalue weighted by Crippen LogP contribution is 2.24. The zero-order valence-corrected chi connectivity index (χ0v) is 31.2. The third kappa shape index (κ3) is 14.3. The van der Waals surface area contributed by atoms with Crippen LogP contribution >= 0.6 is 0 Å². The number of hydrogen-bond acceptors (Lipinski definition) is 10. The van der Waals surface area contributed by atoms with Crippen molar-refractivity contribution in [2.24, 2.45) is 39.8 Å². The summed E-state index contributed by atoms with van der Waals surface area (Å²) in [5.41, 5.74) is 23.4. The topological polar surface area (TPSA) is 328 Å². The number of primary amides is 1. The second-order valence-corrected chi connectivity index (χ2v) is 14.2. The molecule has 1 aliphatic heterocycles. The number of nitrogens with one attached hydrogen (secondary N) is 4. The molecule has 300 valence electrons. The van der Waals surface area contributed by atoms with Crippen molar-refractivity contribution < 1.29 is 43.8 Å². The van der Waals surface area contributed by atoms with Gasteiger partial charge in [0.15, 0.2) is 5.96 Å². The quantitative estimate of drug-likeness (QED) is 0.0348. The van der Waals surface area contributed by atoms with Gasteiger partial charge in [-0.1, -0.05) is 52.0 Å². The van der Waals surface area contributed by atoms with E-state index in [1.165, 1.54) is 4.90 Å². The number of benzene rings is 1. The predicted octanol–water partition coefficient (Wildman–Crippen LogP) is -2.70. The molecule has 0 aliphatic carbocycles. The number of rotatable bonds is 21. The summed E-state index contributed by atoms with van der Waals surface area (Å²) >= 11 is 0. The van der Waals surface area contributed by atoms with Crippen LogP contribution in [0.5, 0.6) is 0 Å². The zero-order chi connectivity index (χ0) is 40.7. The van der Waals surface area contributed by atoms with Crippen molar-refractivity contribution in [1.29, 1.82) is 0 Å². The number of amides is 6. The van der Waals surface area contributed by atoms with Crippen molar-refractivity contribution >= 4 is 47.4 Å². The van der Waals surface area contributed by atoms with Gasteiger partial charge in [-0.05, 0) is 48.6 Å². The molecule has 54 heavy (non-hydrogen) atoms. The van der Waals surface area contributed by atoms with Gasteiger partial charge in [-0.15, -0.1) is 0 Å². The first kappa shape index (κ1) is 44.9. The average Bonchev–Trinajstić information content (AvgIpc) is 3.09. The van der Waals surface area contributed by atoms with E-state index in [0.29, 0.717) is 0 Å². The van der Waals surface area contributed by atoms with Crippen LogP contribution in [-0.4, -0.2) is 112 Å². The summed E-state index contributed by atoms with van der Waals surface area (Å²) in [6, 6.07) is -0.385. The van der Waals surface area contributed by atoms with Gasteiger partial charge in [0.1, 0.15) is 36.3 Å². The standard InChI is InChI=1S/C35H56N10O9/c1-18(2)12-24(30(49)41-23(10-7-11-40-35(38)39)29(48)44-26(34(53)54)15-28(37)47)42-31(50)25(13-19(3)4)43-32(51)27-14-20-8-5-6-9-21(20)16-45(27)33(52)22(36)17-46/h5-6,8-9,18-19,22-27,46H,7,10-17,36H2,1-4H3,(H2,37,47)(H,41,49)(H,42,50)(H,43,51)(H,44,48)(H,53,54)(H4,38,39,40)/t22-,23-,24-,25-,26-,27-/m0/s1. The summed E-state index contributed by atoms with van der Waals surface area (Å²) in [7, 11) is 0. The fourth-order valence-electron chi connectivity index (χ4n) is 5.94. The molecule has 14 N–H and O–H groups in total. The number of guanidine groups is 1. The first-order chi connectivity index (χ1) is 25.3. The van der Waals surface area contributed by atoms with Gasteiger partial charge in [0, 0.05) is 19.5 Å². The van der Waals surface area contributed by atoms with Crippen LogP contribution in [0.4, 0.5) is 0 Å². The molecule has 0 fully saturated rings. The van der Waals surface area contributed by atoms with Gasteiger partial charge in [0.05, 0.1) is 13.0 Å². The molecular weight excluding hydrogens is 704 g/mol. The number of aliphatic hydroxyl groups excluding tert-OH is 1. The summed E-state index contributed by atoms with van der Waals surface area (Å²) in [6.07, 6.45) is -0.156. The Hall–Kier alpha value is -5.30. The summed E-state index contributed by atoms with van der Waals surface area (Å²) < 4.78 is 0. The molecule has 1 aromatic carbocycles. The maximum absolute atomic E-state index is 13.9. The molecular formula is C35H56N10O9. The van der Waals surface area contributed by atoms with E-state index in [9.17, 15) is 43.8 Å². The van der Waals surface area contributed by atoms with Crippen LogP contribution in [-0.2, 0) is 46.5 Å².